The van der Waals surface area contributed by atoms with Crippen LogP contribution in [-0.2, 0) is 11.3 Å². The highest BCUT2D eigenvalue weighted by molar-refractivity contribution is 5.98. The van der Waals surface area contributed by atoms with Gasteiger partial charge in [-0.1, -0.05) is 5.11 Å². The Kier molecular flexibility index (Phi) is 5.35. The number of azide groups is 1. The molecular formula is C15H17N7O3. The van der Waals surface area contributed by atoms with Crippen LogP contribution in [0.2, 0.25) is 0 Å². The number of pyridine rings is 2. The van der Waals surface area contributed by atoms with Gasteiger partial charge < -0.3 is 10.6 Å². The Morgan fingerprint density at radius 3 is 2.64 bits per heavy atom. The van der Waals surface area contributed by atoms with Crippen LogP contribution in [0.5, 0.6) is 0 Å². The number of hydrogen-bond donors (Lipinski definition) is 1. The average molecular weight is 343 g/mol. The second kappa shape index (κ2) is 7.45. The van der Waals surface area contributed by atoms with Crippen LogP contribution in [0, 0.1) is 0 Å². The number of nitrogens with two attached hydrogens (primary N) is 1. The molecule has 0 fully saturated rings. The van der Waals surface area contributed by atoms with E-state index in [9.17, 15) is 14.4 Å². The van der Waals surface area contributed by atoms with E-state index in [1.807, 2.05) is 13.8 Å². The van der Waals surface area contributed by atoms with Crippen molar-refractivity contribution in [3.8, 4) is 0 Å². The zero-order valence-electron chi connectivity index (χ0n) is 13.8. The number of hydrogen-bond acceptors (Lipinski definition) is 5. The van der Waals surface area contributed by atoms with Gasteiger partial charge >= 0.3 is 0 Å². The molecule has 0 bridgehead atoms. The van der Waals surface area contributed by atoms with Crippen molar-refractivity contribution in [2.24, 2.45) is 10.8 Å². The van der Waals surface area contributed by atoms with Crippen molar-refractivity contribution in [1.29, 1.82) is 0 Å². The number of nitrogens with zero attached hydrogens (tertiary/aromatic N) is 6. The molecule has 0 spiro atoms. The lowest BCUT2D eigenvalue weighted by Gasteiger charge is -2.20. The summed E-state index contributed by atoms with van der Waals surface area (Å²) in [5, 5.41) is 3.80. The number of carbonyl (C=O) groups is 2. The van der Waals surface area contributed by atoms with Crippen LogP contribution < -0.4 is 11.3 Å². The molecular weight excluding hydrogens is 326 g/mol. The maximum absolute atomic E-state index is 12.6. The van der Waals surface area contributed by atoms with Gasteiger partial charge in [0.05, 0.1) is 0 Å². The molecule has 10 nitrogen and oxygen atoms in total. The molecule has 2 aromatic rings. The molecule has 130 valence electrons. The molecule has 2 amide bonds. The Labute approximate surface area is 142 Å². The van der Waals surface area contributed by atoms with Crippen LogP contribution in [0.25, 0.3) is 21.5 Å². The minimum atomic E-state index is -0.938. The van der Waals surface area contributed by atoms with Gasteiger partial charge in [0.1, 0.15) is 17.8 Å². The minimum absolute atomic E-state index is 0.139. The van der Waals surface area contributed by atoms with Crippen LogP contribution in [0.4, 0.5) is 5.69 Å². The van der Waals surface area contributed by atoms with E-state index in [1.54, 1.807) is 4.90 Å². The third kappa shape index (κ3) is 3.43. The quantitative estimate of drug-likeness (QED) is 0.478. The van der Waals surface area contributed by atoms with Crippen molar-refractivity contribution in [3.63, 3.8) is 0 Å². The Morgan fingerprint density at radius 2 is 2.08 bits per heavy atom. The molecule has 0 aromatic carbocycles. The molecule has 2 aromatic heterocycles. The third-order valence-corrected chi connectivity index (χ3v) is 3.79. The molecule has 0 atom stereocenters. The van der Waals surface area contributed by atoms with Crippen molar-refractivity contribution in [3.05, 3.63) is 44.7 Å². The van der Waals surface area contributed by atoms with E-state index in [1.165, 1.54) is 18.3 Å². The average Bonchev–Trinajstić information content (AvgIpc) is 2.58. The van der Waals surface area contributed by atoms with Crippen molar-refractivity contribution in [1.82, 2.24) is 14.5 Å². The van der Waals surface area contributed by atoms with Crippen LogP contribution in [0.1, 0.15) is 24.2 Å². The van der Waals surface area contributed by atoms with E-state index in [0.717, 1.165) is 4.57 Å². The minimum Gasteiger partial charge on any atom is -0.365 e. The van der Waals surface area contributed by atoms with E-state index in [2.05, 4.69) is 15.0 Å². The molecule has 0 aliphatic rings. The Balaban J connectivity index is 2.76. The second-order valence-corrected chi connectivity index (χ2v) is 5.14. The highest BCUT2D eigenvalue weighted by Crippen LogP contribution is 2.24. The Hall–Kier alpha value is -3.39. The standard InChI is InChI=1S/C15H17N7O3/c1-3-21(4-2)12(23)8-22-14-9(7-10(13(16)24)15(22)25)11(19-20-17)5-6-18-14/h5-7H,3-4,8H2,1-2H3,(H2,16,24). The lowest BCUT2D eigenvalue weighted by molar-refractivity contribution is -0.131. The summed E-state index contributed by atoms with van der Waals surface area (Å²) in [7, 11) is 0. The van der Waals surface area contributed by atoms with Crippen LogP contribution in [0.15, 0.2) is 28.2 Å². The zero-order chi connectivity index (χ0) is 18.6. The highest BCUT2D eigenvalue weighted by atomic mass is 16.2. The van der Waals surface area contributed by atoms with Crippen molar-refractivity contribution >= 4 is 28.5 Å². The number of fused-ring (bicyclic) bond motifs is 1. The number of primary amides is 1. The lowest BCUT2D eigenvalue weighted by atomic mass is 10.1. The molecule has 25 heavy (non-hydrogen) atoms. The van der Waals surface area contributed by atoms with Gasteiger partial charge in [-0.25, -0.2) is 4.98 Å². The lowest BCUT2D eigenvalue weighted by Crippen LogP contribution is -2.38. The smallest absolute Gasteiger partial charge is 0.265 e. The first kappa shape index (κ1) is 18.0. The fourth-order valence-corrected chi connectivity index (χ4v) is 2.52. The molecule has 2 heterocycles. The molecule has 0 aliphatic heterocycles. The molecule has 10 heteroatoms. The van der Waals surface area contributed by atoms with E-state index < -0.39 is 11.5 Å². The summed E-state index contributed by atoms with van der Waals surface area (Å²) in [6, 6.07) is 2.67. The van der Waals surface area contributed by atoms with E-state index in [-0.39, 0.29) is 34.7 Å². The van der Waals surface area contributed by atoms with Gasteiger partial charge in [-0.15, -0.1) is 0 Å². The SMILES string of the molecule is CCN(CC)C(=O)Cn1c(=O)c(C(N)=O)cc2c(N=[N+]=[N-])ccnc21. The summed E-state index contributed by atoms with van der Waals surface area (Å²) in [6.07, 6.45) is 1.36. The normalized spacial score (nSPS) is 10.3. The third-order valence-electron chi connectivity index (χ3n) is 3.79. The first-order chi connectivity index (χ1) is 11.9. The molecule has 2 N–H and O–H groups in total. The van der Waals surface area contributed by atoms with Gasteiger partial charge in [0.15, 0.2) is 0 Å². The molecule has 0 saturated carbocycles. The summed E-state index contributed by atoms with van der Waals surface area (Å²) in [4.78, 5) is 45.0. The topological polar surface area (TPSA) is 147 Å². The van der Waals surface area contributed by atoms with Crippen LogP contribution in [0.3, 0.4) is 0 Å². The molecule has 0 radical (unpaired) electrons. The van der Waals surface area contributed by atoms with E-state index >= 15 is 0 Å². The first-order valence-corrected chi connectivity index (χ1v) is 7.59. The summed E-state index contributed by atoms with van der Waals surface area (Å²) < 4.78 is 1.08. The number of rotatable bonds is 6. The fraction of sp³-hybridized carbons (Fsp3) is 0.333. The fourth-order valence-electron chi connectivity index (χ4n) is 2.52. The number of amides is 2. The summed E-state index contributed by atoms with van der Waals surface area (Å²) >= 11 is 0. The van der Waals surface area contributed by atoms with Gasteiger partial charge in [0.25, 0.3) is 11.5 Å². The van der Waals surface area contributed by atoms with E-state index in [4.69, 9.17) is 11.3 Å². The largest absolute Gasteiger partial charge is 0.365 e. The Morgan fingerprint density at radius 1 is 1.40 bits per heavy atom. The maximum atomic E-state index is 12.6. The second-order valence-electron chi connectivity index (χ2n) is 5.14. The molecule has 0 aliphatic carbocycles. The highest BCUT2D eigenvalue weighted by Gasteiger charge is 2.19. The number of aromatic nitrogens is 2. The summed E-state index contributed by atoms with van der Waals surface area (Å²) in [6.45, 7) is 4.30. The zero-order valence-corrected chi connectivity index (χ0v) is 13.8. The van der Waals surface area contributed by atoms with Gasteiger partial charge in [-0.3, -0.25) is 19.0 Å². The van der Waals surface area contributed by atoms with Crippen molar-refractivity contribution < 1.29 is 9.59 Å². The Bertz CT molecular complexity index is 940. The number of carbonyl (C=O) groups excluding carboxylic acids is 2. The molecule has 0 saturated heterocycles. The van der Waals surface area contributed by atoms with Crippen molar-refractivity contribution in [2.75, 3.05) is 13.1 Å². The predicted molar refractivity (Wildman–Crippen MR) is 91.3 cm³/mol. The maximum Gasteiger partial charge on any atom is 0.265 e. The van der Waals surface area contributed by atoms with Gasteiger partial charge in [-0.2, -0.15) is 0 Å². The predicted octanol–water partition coefficient (Wildman–Crippen LogP) is 1.31. The first-order valence-electron chi connectivity index (χ1n) is 7.59. The molecule has 0 unspecified atom stereocenters. The summed E-state index contributed by atoms with van der Waals surface area (Å²) in [5.74, 6) is -1.24. The van der Waals surface area contributed by atoms with Gasteiger partial charge in [0.2, 0.25) is 5.91 Å². The van der Waals surface area contributed by atoms with Crippen molar-refractivity contribution in [2.45, 2.75) is 20.4 Å². The van der Waals surface area contributed by atoms with Crippen LogP contribution >= 0.6 is 0 Å². The van der Waals surface area contributed by atoms with Gasteiger partial charge in [-0.05, 0) is 31.5 Å². The summed E-state index contributed by atoms with van der Waals surface area (Å²) in [5.41, 5.74) is 13.2. The monoisotopic (exact) mass is 343 g/mol. The number of likely N-dealkylation sites (N-methyl/N-ethyl adjacent to an activating group) is 1. The van der Waals surface area contributed by atoms with E-state index in [0.29, 0.717) is 13.1 Å². The molecule has 2 rings (SSSR count). The van der Waals surface area contributed by atoms with Gasteiger partial charge in [0, 0.05) is 35.3 Å². The van der Waals surface area contributed by atoms with Crippen LogP contribution in [-0.4, -0.2) is 39.4 Å².